The zero-order valence-corrected chi connectivity index (χ0v) is 8.41. The van der Waals surface area contributed by atoms with Gasteiger partial charge in [-0.25, -0.2) is 4.79 Å². The van der Waals surface area contributed by atoms with Gasteiger partial charge in [0.2, 0.25) is 5.95 Å². The summed E-state index contributed by atoms with van der Waals surface area (Å²) in [6, 6.07) is 9.34. The minimum atomic E-state index is -0.640. The molecular weight excluding hydrogens is 208 g/mol. The van der Waals surface area contributed by atoms with Crippen LogP contribution < -0.4 is 5.73 Å². The van der Waals surface area contributed by atoms with Crippen LogP contribution in [0.5, 0.6) is 0 Å². The summed E-state index contributed by atoms with van der Waals surface area (Å²) < 4.78 is 5.90. The van der Waals surface area contributed by atoms with Gasteiger partial charge >= 0.3 is 6.09 Å². The van der Waals surface area contributed by atoms with E-state index in [-0.39, 0.29) is 12.6 Å². The fraction of sp³-hybridized carbons (Fsp3) is 0.100. The molecule has 0 bridgehead atoms. The van der Waals surface area contributed by atoms with Crippen LogP contribution in [-0.4, -0.2) is 20.9 Å². The fourth-order valence-electron chi connectivity index (χ4n) is 1.17. The first-order chi connectivity index (χ1) is 7.77. The summed E-state index contributed by atoms with van der Waals surface area (Å²) in [5.74, 6) is 0.0121. The monoisotopic (exact) mass is 218 g/mol. The number of hydrogen-bond acceptors (Lipinski definition) is 5. The third kappa shape index (κ3) is 2.17. The Kier molecular flexibility index (Phi) is 2.81. The lowest BCUT2D eigenvalue weighted by atomic mass is 10.2. The topological polar surface area (TPSA) is 83.0 Å². The van der Waals surface area contributed by atoms with Crippen LogP contribution in [0.1, 0.15) is 5.56 Å². The van der Waals surface area contributed by atoms with Crippen LogP contribution in [0.4, 0.5) is 10.7 Å². The SMILES string of the molecule is Nc1ncnn1C(=O)OCc1ccccc1. The van der Waals surface area contributed by atoms with Gasteiger partial charge in [0.15, 0.2) is 0 Å². The molecule has 0 amide bonds. The van der Waals surface area contributed by atoms with Gasteiger partial charge in [0.05, 0.1) is 0 Å². The van der Waals surface area contributed by atoms with E-state index in [0.717, 1.165) is 10.2 Å². The third-order valence-corrected chi connectivity index (χ3v) is 1.95. The highest BCUT2D eigenvalue weighted by Gasteiger charge is 2.10. The number of nitrogens with two attached hydrogens (primary N) is 1. The van der Waals surface area contributed by atoms with Gasteiger partial charge in [0.25, 0.3) is 0 Å². The molecule has 1 aromatic heterocycles. The van der Waals surface area contributed by atoms with Gasteiger partial charge in [-0.1, -0.05) is 30.3 Å². The Morgan fingerprint density at radius 3 is 2.75 bits per heavy atom. The first-order valence-electron chi connectivity index (χ1n) is 4.64. The lowest BCUT2D eigenvalue weighted by molar-refractivity contribution is 0.138. The minimum Gasteiger partial charge on any atom is -0.443 e. The molecule has 0 aliphatic rings. The van der Waals surface area contributed by atoms with Gasteiger partial charge in [-0.2, -0.15) is 4.98 Å². The third-order valence-electron chi connectivity index (χ3n) is 1.95. The summed E-state index contributed by atoms with van der Waals surface area (Å²) in [5.41, 5.74) is 6.30. The normalized spacial score (nSPS) is 10.0. The molecule has 82 valence electrons. The molecule has 0 aliphatic heterocycles. The first kappa shape index (κ1) is 10.2. The molecule has 0 unspecified atom stereocenters. The van der Waals surface area contributed by atoms with Crippen molar-refractivity contribution in [2.75, 3.05) is 5.73 Å². The molecule has 0 atom stereocenters. The molecule has 0 spiro atoms. The lowest BCUT2D eigenvalue weighted by Crippen LogP contribution is -2.17. The predicted molar refractivity (Wildman–Crippen MR) is 56.5 cm³/mol. The predicted octanol–water partition coefficient (Wildman–Crippen LogP) is 1.05. The fourth-order valence-corrected chi connectivity index (χ4v) is 1.17. The quantitative estimate of drug-likeness (QED) is 0.814. The Hall–Kier alpha value is -2.37. The molecular formula is C10H10N4O2. The number of rotatable bonds is 2. The molecule has 0 fully saturated rings. The van der Waals surface area contributed by atoms with Crippen LogP contribution in [-0.2, 0) is 11.3 Å². The van der Waals surface area contributed by atoms with Gasteiger partial charge < -0.3 is 10.5 Å². The molecule has 0 radical (unpaired) electrons. The highest BCUT2D eigenvalue weighted by molar-refractivity contribution is 5.71. The average molecular weight is 218 g/mol. The summed E-state index contributed by atoms with van der Waals surface area (Å²) in [7, 11) is 0. The van der Waals surface area contributed by atoms with E-state index >= 15 is 0 Å². The first-order valence-corrected chi connectivity index (χ1v) is 4.64. The Bertz CT molecular complexity index is 481. The number of carbonyl (C=O) groups excluding carboxylic acids is 1. The van der Waals surface area contributed by atoms with Crippen LogP contribution in [0.15, 0.2) is 36.7 Å². The van der Waals surface area contributed by atoms with Crippen LogP contribution in [0.3, 0.4) is 0 Å². The van der Waals surface area contributed by atoms with Crippen molar-refractivity contribution in [3.63, 3.8) is 0 Å². The number of nitrogen functional groups attached to an aromatic ring is 1. The molecule has 2 rings (SSSR count). The van der Waals surface area contributed by atoms with Crippen molar-refractivity contribution in [2.24, 2.45) is 0 Å². The number of ether oxygens (including phenoxy) is 1. The van der Waals surface area contributed by atoms with E-state index in [1.807, 2.05) is 30.3 Å². The summed E-state index contributed by atoms with van der Waals surface area (Å²) >= 11 is 0. The molecule has 0 aliphatic carbocycles. The Morgan fingerprint density at radius 2 is 2.12 bits per heavy atom. The van der Waals surface area contributed by atoms with E-state index in [2.05, 4.69) is 10.1 Å². The van der Waals surface area contributed by atoms with Gasteiger partial charge in [-0.15, -0.1) is 9.78 Å². The highest BCUT2D eigenvalue weighted by Crippen LogP contribution is 2.03. The maximum atomic E-state index is 11.5. The second-order valence-corrected chi connectivity index (χ2v) is 3.07. The lowest BCUT2D eigenvalue weighted by Gasteiger charge is -2.04. The van der Waals surface area contributed by atoms with E-state index in [9.17, 15) is 4.79 Å². The van der Waals surface area contributed by atoms with E-state index < -0.39 is 6.09 Å². The summed E-state index contributed by atoms with van der Waals surface area (Å²) in [4.78, 5) is 15.1. The van der Waals surface area contributed by atoms with Gasteiger partial charge in [0.1, 0.15) is 12.9 Å². The molecule has 16 heavy (non-hydrogen) atoms. The molecule has 6 nitrogen and oxygen atoms in total. The largest absolute Gasteiger partial charge is 0.443 e. The van der Waals surface area contributed by atoms with Crippen LogP contribution in [0.25, 0.3) is 0 Å². The van der Waals surface area contributed by atoms with Crippen molar-refractivity contribution < 1.29 is 9.53 Å². The van der Waals surface area contributed by atoms with Crippen molar-refractivity contribution >= 4 is 12.0 Å². The van der Waals surface area contributed by atoms with Gasteiger partial charge in [-0.3, -0.25) is 0 Å². The zero-order chi connectivity index (χ0) is 11.4. The Labute approximate surface area is 91.7 Å². The average Bonchev–Trinajstić information content (AvgIpc) is 2.74. The molecule has 1 aromatic carbocycles. The summed E-state index contributed by atoms with van der Waals surface area (Å²) in [6.45, 7) is 0.180. The number of hydrogen-bond donors (Lipinski definition) is 1. The summed E-state index contributed by atoms with van der Waals surface area (Å²) in [5, 5.41) is 3.63. The number of aromatic nitrogens is 3. The van der Waals surface area contributed by atoms with Crippen molar-refractivity contribution in [2.45, 2.75) is 6.61 Å². The molecule has 6 heteroatoms. The Balaban J connectivity index is 1.97. The van der Waals surface area contributed by atoms with E-state index in [1.54, 1.807) is 0 Å². The second kappa shape index (κ2) is 4.43. The minimum absolute atomic E-state index is 0.0121. The molecule has 2 aromatic rings. The maximum Gasteiger partial charge on any atom is 0.438 e. The Morgan fingerprint density at radius 1 is 1.38 bits per heavy atom. The van der Waals surface area contributed by atoms with Crippen LogP contribution >= 0.6 is 0 Å². The number of benzene rings is 1. The highest BCUT2D eigenvalue weighted by atomic mass is 16.6. The van der Waals surface area contributed by atoms with Crippen molar-refractivity contribution in [3.05, 3.63) is 42.2 Å². The zero-order valence-electron chi connectivity index (χ0n) is 8.41. The van der Waals surface area contributed by atoms with E-state index in [4.69, 9.17) is 10.5 Å². The smallest absolute Gasteiger partial charge is 0.438 e. The molecule has 0 saturated heterocycles. The second-order valence-electron chi connectivity index (χ2n) is 3.07. The standard InChI is InChI=1S/C10H10N4O2/c11-9-12-7-13-14(9)10(15)16-6-8-4-2-1-3-5-8/h1-5,7H,6H2,(H2,11,12,13). The number of carbonyl (C=O) groups is 1. The van der Waals surface area contributed by atoms with Crippen molar-refractivity contribution in [1.29, 1.82) is 0 Å². The number of nitrogens with zero attached hydrogens (tertiary/aromatic N) is 3. The molecule has 2 N–H and O–H groups in total. The van der Waals surface area contributed by atoms with Gasteiger partial charge in [0, 0.05) is 0 Å². The van der Waals surface area contributed by atoms with Crippen molar-refractivity contribution in [3.8, 4) is 0 Å². The number of anilines is 1. The van der Waals surface area contributed by atoms with E-state index in [0.29, 0.717) is 0 Å². The summed E-state index contributed by atoms with van der Waals surface area (Å²) in [6.07, 6.45) is 0.554. The molecule has 1 heterocycles. The maximum absolute atomic E-state index is 11.5. The van der Waals surface area contributed by atoms with Gasteiger partial charge in [-0.05, 0) is 5.56 Å². The van der Waals surface area contributed by atoms with E-state index in [1.165, 1.54) is 6.33 Å². The molecule has 0 saturated carbocycles. The van der Waals surface area contributed by atoms with Crippen molar-refractivity contribution in [1.82, 2.24) is 14.8 Å². The van der Waals surface area contributed by atoms with Crippen LogP contribution in [0, 0.1) is 0 Å². The van der Waals surface area contributed by atoms with Crippen LogP contribution in [0.2, 0.25) is 0 Å².